The maximum Gasteiger partial charge on any atom is 0.153 e. The number of rotatable bonds is 4. The highest BCUT2D eigenvalue weighted by Crippen LogP contribution is 2.22. The summed E-state index contributed by atoms with van der Waals surface area (Å²) >= 11 is 5.79. The van der Waals surface area contributed by atoms with Crippen molar-refractivity contribution in [2.24, 2.45) is 7.05 Å². The number of aryl methyl sites for hydroxylation is 1. The van der Waals surface area contributed by atoms with Gasteiger partial charge in [-0.2, -0.15) is 0 Å². The molecule has 0 spiro atoms. The number of ether oxygens (including phenoxy) is 1. The van der Waals surface area contributed by atoms with Crippen molar-refractivity contribution in [3.8, 4) is 5.75 Å². The predicted molar refractivity (Wildman–Crippen MR) is 64.4 cm³/mol. The molecule has 0 atom stereocenters. The third kappa shape index (κ3) is 2.65. The number of aromatic nitrogens is 2. The van der Waals surface area contributed by atoms with Crippen molar-refractivity contribution in [3.63, 3.8) is 0 Å². The van der Waals surface area contributed by atoms with Crippen LogP contribution in [-0.4, -0.2) is 15.8 Å². The van der Waals surface area contributed by atoms with Crippen LogP contribution in [0.4, 0.5) is 0 Å². The highest BCUT2D eigenvalue weighted by atomic mass is 35.5. The lowest BCUT2D eigenvalue weighted by Gasteiger charge is -2.08. The van der Waals surface area contributed by atoms with Gasteiger partial charge >= 0.3 is 0 Å². The summed E-state index contributed by atoms with van der Waals surface area (Å²) in [5.41, 5.74) is 1.37. The van der Waals surface area contributed by atoms with E-state index in [9.17, 15) is 4.79 Å². The molecular formula is C12H11ClN2O2. The summed E-state index contributed by atoms with van der Waals surface area (Å²) in [5, 5.41) is 0.514. The van der Waals surface area contributed by atoms with Crippen LogP contribution in [0.25, 0.3) is 0 Å². The number of aldehydes is 1. The third-order valence-electron chi connectivity index (χ3n) is 2.39. The van der Waals surface area contributed by atoms with Crippen molar-refractivity contribution < 1.29 is 9.53 Å². The number of carbonyl (C=O) groups excluding carboxylic acids is 1. The topological polar surface area (TPSA) is 44.1 Å². The molecule has 0 bridgehead atoms. The standard InChI is InChI=1S/C12H11ClN2O2/c1-15-8-14-5-11(15)7-17-12-3-2-10(13)4-9(12)6-16/h2-6,8H,7H2,1H3. The van der Waals surface area contributed by atoms with Crippen molar-refractivity contribution in [1.29, 1.82) is 0 Å². The summed E-state index contributed by atoms with van der Waals surface area (Å²) in [4.78, 5) is 14.8. The molecule has 0 saturated heterocycles. The molecule has 17 heavy (non-hydrogen) atoms. The molecule has 5 heteroatoms. The second-order valence-corrected chi connectivity index (χ2v) is 4.02. The molecule has 0 N–H and O–H groups in total. The van der Waals surface area contributed by atoms with Gasteiger partial charge in [-0.25, -0.2) is 4.98 Å². The van der Waals surface area contributed by atoms with Crippen molar-refractivity contribution in [2.45, 2.75) is 6.61 Å². The van der Waals surface area contributed by atoms with Gasteiger partial charge in [-0.1, -0.05) is 11.6 Å². The molecule has 1 aromatic heterocycles. The third-order valence-corrected chi connectivity index (χ3v) is 2.63. The second-order valence-electron chi connectivity index (χ2n) is 3.58. The summed E-state index contributed by atoms with van der Waals surface area (Å²) in [6.45, 7) is 0.360. The van der Waals surface area contributed by atoms with Crippen LogP contribution in [0.3, 0.4) is 0 Å². The van der Waals surface area contributed by atoms with E-state index < -0.39 is 0 Å². The van der Waals surface area contributed by atoms with E-state index in [-0.39, 0.29) is 0 Å². The number of halogens is 1. The summed E-state index contributed by atoms with van der Waals surface area (Å²) in [6.07, 6.45) is 4.14. The van der Waals surface area contributed by atoms with Gasteiger partial charge in [0.1, 0.15) is 12.4 Å². The molecule has 0 aliphatic heterocycles. The molecule has 2 rings (SSSR count). The van der Waals surface area contributed by atoms with E-state index in [0.29, 0.717) is 22.9 Å². The first-order valence-electron chi connectivity index (χ1n) is 5.03. The Labute approximate surface area is 104 Å². The molecule has 0 radical (unpaired) electrons. The van der Waals surface area contributed by atoms with Gasteiger partial charge in [0.15, 0.2) is 6.29 Å². The van der Waals surface area contributed by atoms with Gasteiger partial charge < -0.3 is 9.30 Å². The highest BCUT2D eigenvalue weighted by molar-refractivity contribution is 6.30. The van der Waals surface area contributed by atoms with Crippen molar-refractivity contribution in [2.75, 3.05) is 0 Å². The summed E-state index contributed by atoms with van der Waals surface area (Å²) in [7, 11) is 1.88. The molecular weight excluding hydrogens is 240 g/mol. The monoisotopic (exact) mass is 250 g/mol. The zero-order chi connectivity index (χ0) is 12.3. The number of hydrogen-bond acceptors (Lipinski definition) is 3. The largest absolute Gasteiger partial charge is 0.487 e. The van der Waals surface area contributed by atoms with E-state index >= 15 is 0 Å². The van der Waals surface area contributed by atoms with E-state index in [2.05, 4.69) is 4.98 Å². The van der Waals surface area contributed by atoms with Gasteiger partial charge in [-0.3, -0.25) is 4.79 Å². The van der Waals surface area contributed by atoms with E-state index in [1.165, 1.54) is 0 Å². The average Bonchev–Trinajstić information content (AvgIpc) is 2.73. The first-order valence-corrected chi connectivity index (χ1v) is 5.41. The highest BCUT2D eigenvalue weighted by Gasteiger charge is 2.05. The number of carbonyl (C=O) groups is 1. The zero-order valence-electron chi connectivity index (χ0n) is 9.26. The normalized spacial score (nSPS) is 10.2. The average molecular weight is 251 g/mol. The minimum absolute atomic E-state index is 0.360. The number of hydrogen-bond donors (Lipinski definition) is 0. The Kier molecular flexibility index (Phi) is 3.44. The lowest BCUT2D eigenvalue weighted by molar-refractivity contribution is 0.111. The van der Waals surface area contributed by atoms with Crippen LogP contribution in [0.5, 0.6) is 5.75 Å². The van der Waals surface area contributed by atoms with Gasteiger partial charge in [0.05, 0.1) is 23.8 Å². The summed E-state index contributed by atoms with van der Waals surface area (Å²) < 4.78 is 7.42. The Hall–Kier alpha value is -1.81. The second kappa shape index (κ2) is 5.01. The summed E-state index contributed by atoms with van der Waals surface area (Å²) in [6, 6.07) is 4.95. The zero-order valence-corrected chi connectivity index (χ0v) is 10.0. The Morgan fingerprint density at radius 1 is 1.53 bits per heavy atom. The first kappa shape index (κ1) is 11.7. The molecule has 2 aromatic rings. The van der Waals surface area contributed by atoms with Crippen LogP contribution in [-0.2, 0) is 13.7 Å². The van der Waals surface area contributed by atoms with Gasteiger partial charge in [0.2, 0.25) is 0 Å². The minimum atomic E-state index is 0.360. The quantitative estimate of drug-likeness (QED) is 0.783. The Balaban J connectivity index is 2.14. The van der Waals surface area contributed by atoms with Crippen LogP contribution in [0.2, 0.25) is 5.02 Å². The molecule has 0 unspecified atom stereocenters. The fourth-order valence-corrected chi connectivity index (χ4v) is 1.60. The molecule has 0 saturated carbocycles. The molecule has 0 amide bonds. The van der Waals surface area contributed by atoms with E-state index in [1.807, 2.05) is 11.6 Å². The van der Waals surface area contributed by atoms with Gasteiger partial charge in [0.25, 0.3) is 0 Å². The van der Waals surface area contributed by atoms with Crippen LogP contribution in [0, 0.1) is 0 Å². The SMILES string of the molecule is Cn1cncc1COc1ccc(Cl)cc1C=O. The first-order chi connectivity index (χ1) is 8.20. The van der Waals surface area contributed by atoms with Gasteiger partial charge in [0, 0.05) is 12.1 Å². The maximum atomic E-state index is 10.9. The minimum Gasteiger partial charge on any atom is -0.487 e. The van der Waals surface area contributed by atoms with Crippen LogP contribution in [0.15, 0.2) is 30.7 Å². The van der Waals surface area contributed by atoms with Crippen molar-refractivity contribution >= 4 is 17.9 Å². The molecule has 0 aliphatic carbocycles. The molecule has 1 aromatic carbocycles. The molecule has 1 heterocycles. The Bertz CT molecular complexity index is 537. The lowest BCUT2D eigenvalue weighted by atomic mass is 10.2. The Morgan fingerprint density at radius 3 is 3.00 bits per heavy atom. The number of benzene rings is 1. The molecule has 88 valence electrons. The van der Waals surface area contributed by atoms with Crippen LogP contribution >= 0.6 is 11.6 Å². The van der Waals surface area contributed by atoms with E-state index in [0.717, 1.165) is 12.0 Å². The van der Waals surface area contributed by atoms with E-state index in [1.54, 1.807) is 30.7 Å². The molecule has 0 aliphatic rings. The Morgan fingerprint density at radius 2 is 2.35 bits per heavy atom. The van der Waals surface area contributed by atoms with Crippen molar-refractivity contribution in [3.05, 3.63) is 47.0 Å². The van der Waals surface area contributed by atoms with E-state index in [4.69, 9.17) is 16.3 Å². The lowest BCUT2D eigenvalue weighted by Crippen LogP contribution is -2.02. The predicted octanol–water partition coefficient (Wildman–Crippen LogP) is 2.46. The summed E-state index contributed by atoms with van der Waals surface area (Å²) in [5.74, 6) is 0.519. The fourth-order valence-electron chi connectivity index (χ4n) is 1.42. The fraction of sp³-hybridized carbons (Fsp3) is 0.167. The maximum absolute atomic E-state index is 10.9. The molecule has 0 fully saturated rings. The van der Waals surface area contributed by atoms with Crippen LogP contribution in [0.1, 0.15) is 16.1 Å². The number of imidazole rings is 1. The van der Waals surface area contributed by atoms with Gasteiger partial charge in [-0.15, -0.1) is 0 Å². The van der Waals surface area contributed by atoms with Gasteiger partial charge in [-0.05, 0) is 18.2 Å². The number of nitrogens with zero attached hydrogens (tertiary/aromatic N) is 2. The van der Waals surface area contributed by atoms with Crippen LogP contribution < -0.4 is 4.74 Å². The smallest absolute Gasteiger partial charge is 0.153 e. The van der Waals surface area contributed by atoms with Crippen molar-refractivity contribution in [1.82, 2.24) is 9.55 Å². The molecule has 4 nitrogen and oxygen atoms in total.